The van der Waals surface area contributed by atoms with Crippen LogP contribution in [0.5, 0.6) is 11.6 Å². The lowest BCUT2D eigenvalue weighted by atomic mass is 10.3. The summed E-state index contributed by atoms with van der Waals surface area (Å²) in [5.74, 6) is -1.90. The van der Waals surface area contributed by atoms with E-state index in [0.717, 1.165) is 6.07 Å². The van der Waals surface area contributed by atoms with Gasteiger partial charge in [-0.05, 0) is 12.1 Å². The molecule has 3 nitrogen and oxygen atoms in total. The molecular formula is C10H8F2N2O. The van der Waals surface area contributed by atoms with Gasteiger partial charge in [0.25, 0.3) is 0 Å². The summed E-state index contributed by atoms with van der Waals surface area (Å²) in [6.45, 7) is 0. The average Bonchev–Trinajstić information content (AvgIpc) is 2.59. The molecule has 78 valence electrons. The van der Waals surface area contributed by atoms with Crippen molar-refractivity contribution in [3.05, 3.63) is 42.1 Å². The van der Waals surface area contributed by atoms with E-state index in [-0.39, 0.29) is 11.6 Å². The highest BCUT2D eigenvalue weighted by molar-refractivity contribution is 5.28. The molecule has 15 heavy (non-hydrogen) atoms. The van der Waals surface area contributed by atoms with Crippen LogP contribution >= 0.6 is 0 Å². The second-order valence-electron chi connectivity index (χ2n) is 2.98. The van der Waals surface area contributed by atoms with Crippen molar-refractivity contribution in [1.82, 2.24) is 9.78 Å². The van der Waals surface area contributed by atoms with Crippen LogP contribution in [0.1, 0.15) is 0 Å². The topological polar surface area (TPSA) is 27.1 Å². The van der Waals surface area contributed by atoms with Crippen molar-refractivity contribution in [2.45, 2.75) is 0 Å². The van der Waals surface area contributed by atoms with E-state index in [1.807, 2.05) is 0 Å². The third kappa shape index (κ3) is 1.96. The summed E-state index contributed by atoms with van der Waals surface area (Å²) in [4.78, 5) is 0. The van der Waals surface area contributed by atoms with E-state index in [1.165, 1.54) is 16.8 Å². The van der Waals surface area contributed by atoms with E-state index >= 15 is 0 Å². The molecule has 0 bridgehead atoms. The van der Waals surface area contributed by atoms with E-state index in [9.17, 15) is 8.78 Å². The second-order valence-corrected chi connectivity index (χ2v) is 2.98. The molecule has 0 amide bonds. The van der Waals surface area contributed by atoms with Crippen LogP contribution in [0.25, 0.3) is 0 Å². The number of nitrogens with zero attached hydrogens (tertiary/aromatic N) is 2. The normalized spacial score (nSPS) is 10.3. The molecule has 0 saturated carbocycles. The summed E-state index contributed by atoms with van der Waals surface area (Å²) in [6, 6.07) is 5.30. The molecule has 5 heteroatoms. The molecule has 0 aliphatic rings. The summed E-state index contributed by atoms with van der Waals surface area (Å²) in [7, 11) is 1.70. The van der Waals surface area contributed by atoms with Crippen molar-refractivity contribution < 1.29 is 13.5 Å². The molecule has 1 aromatic heterocycles. The summed E-state index contributed by atoms with van der Waals surface area (Å²) in [5, 5.41) is 3.88. The number of benzene rings is 1. The third-order valence-corrected chi connectivity index (χ3v) is 1.82. The Morgan fingerprint density at radius 3 is 2.73 bits per heavy atom. The largest absolute Gasteiger partial charge is 0.434 e. The minimum Gasteiger partial charge on any atom is -0.434 e. The van der Waals surface area contributed by atoms with Crippen molar-refractivity contribution in [2.75, 3.05) is 0 Å². The second kappa shape index (κ2) is 3.68. The number of ether oxygens (including phenoxy) is 1. The standard InChI is InChI=1S/C10H8F2N2O/c1-14-6-5-9(13-14)15-8-4-2-3-7(11)10(8)12/h2-6H,1H3. The number of rotatable bonds is 2. The van der Waals surface area contributed by atoms with Gasteiger partial charge in [0.05, 0.1) is 0 Å². The smallest absolute Gasteiger partial charge is 0.238 e. The maximum atomic E-state index is 13.2. The van der Waals surface area contributed by atoms with Crippen molar-refractivity contribution in [3.63, 3.8) is 0 Å². The lowest BCUT2D eigenvalue weighted by Crippen LogP contribution is -1.93. The van der Waals surface area contributed by atoms with E-state index in [4.69, 9.17) is 4.74 Å². The first-order valence-electron chi connectivity index (χ1n) is 4.28. The summed E-state index contributed by atoms with van der Waals surface area (Å²) >= 11 is 0. The van der Waals surface area contributed by atoms with Crippen LogP contribution in [0.15, 0.2) is 30.5 Å². The Labute approximate surface area is 84.9 Å². The molecule has 0 N–H and O–H groups in total. The quantitative estimate of drug-likeness (QED) is 0.761. The number of hydrogen-bond acceptors (Lipinski definition) is 2. The Hall–Kier alpha value is -1.91. The molecule has 2 aromatic rings. The van der Waals surface area contributed by atoms with Crippen molar-refractivity contribution in [2.24, 2.45) is 7.05 Å². The van der Waals surface area contributed by atoms with E-state index < -0.39 is 11.6 Å². The van der Waals surface area contributed by atoms with Crippen molar-refractivity contribution in [3.8, 4) is 11.6 Å². The van der Waals surface area contributed by atoms with Gasteiger partial charge in [0.2, 0.25) is 11.7 Å². The maximum Gasteiger partial charge on any atom is 0.238 e. The van der Waals surface area contributed by atoms with Crippen molar-refractivity contribution in [1.29, 1.82) is 0 Å². The van der Waals surface area contributed by atoms with Gasteiger partial charge in [-0.15, -0.1) is 5.10 Å². The Morgan fingerprint density at radius 2 is 2.07 bits per heavy atom. The van der Waals surface area contributed by atoms with Crippen LogP contribution in [0, 0.1) is 11.6 Å². The third-order valence-electron chi connectivity index (χ3n) is 1.82. The minimum atomic E-state index is -1.01. The number of halogens is 2. The monoisotopic (exact) mass is 210 g/mol. The van der Waals surface area contributed by atoms with Crippen LogP contribution in [-0.4, -0.2) is 9.78 Å². The predicted octanol–water partition coefficient (Wildman–Crippen LogP) is 2.49. The molecule has 0 aliphatic carbocycles. The SMILES string of the molecule is Cn1ccc(Oc2cccc(F)c2F)n1. The molecule has 0 aliphatic heterocycles. The molecule has 0 saturated heterocycles. The Balaban J connectivity index is 2.28. The Morgan fingerprint density at radius 1 is 1.27 bits per heavy atom. The molecule has 2 rings (SSSR count). The highest BCUT2D eigenvalue weighted by Gasteiger charge is 2.10. The van der Waals surface area contributed by atoms with Gasteiger partial charge in [-0.2, -0.15) is 4.39 Å². The Kier molecular flexibility index (Phi) is 2.37. The predicted molar refractivity (Wildman–Crippen MR) is 49.6 cm³/mol. The van der Waals surface area contributed by atoms with Crippen LogP contribution in [0.2, 0.25) is 0 Å². The average molecular weight is 210 g/mol. The fourth-order valence-electron chi connectivity index (χ4n) is 1.12. The first-order valence-corrected chi connectivity index (χ1v) is 4.28. The zero-order valence-electron chi connectivity index (χ0n) is 7.95. The molecule has 0 radical (unpaired) electrons. The zero-order chi connectivity index (χ0) is 10.8. The van der Waals surface area contributed by atoms with Crippen molar-refractivity contribution >= 4 is 0 Å². The van der Waals surface area contributed by atoms with Crippen LogP contribution in [-0.2, 0) is 7.05 Å². The lowest BCUT2D eigenvalue weighted by Gasteiger charge is -2.03. The minimum absolute atomic E-state index is 0.172. The maximum absolute atomic E-state index is 13.2. The molecule has 1 aromatic carbocycles. The van der Waals surface area contributed by atoms with Crippen LogP contribution in [0.4, 0.5) is 8.78 Å². The molecule has 0 unspecified atom stereocenters. The van der Waals surface area contributed by atoms with E-state index in [0.29, 0.717) is 0 Å². The number of aromatic nitrogens is 2. The van der Waals surface area contributed by atoms with Gasteiger partial charge in [-0.3, -0.25) is 4.68 Å². The van der Waals surface area contributed by atoms with Crippen LogP contribution in [0.3, 0.4) is 0 Å². The first kappa shape index (κ1) is 9.64. The molecule has 0 fully saturated rings. The molecule has 0 spiro atoms. The fourth-order valence-corrected chi connectivity index (χ4v) is 1.12. The molecule has 1 heterocycles. The van der Waals surface area contributed by atoms with Gasteiger partial charge >= 0.3 is 0 Å². The first-order chi connectivity index (χ1) is 7.16. The summed E-state index contributed by atoms with van der Waals surface area (Å²) in [6.07, 6.45) is 1.65. The highest BCUT2D eigenvalue weighted by atomic mass is 19.2. The van der Waals surface area contributed by atoms with Gasteiger partial charge in [0, 0.05) is 19.3 Å². The fraction of sp³-hybridized carbons (Fsp3) is 0.100. The zero-order valence-corrected chi connectivity index (χ0v) is 7.95. The van der Waals surface area contributed by atoms with Crippen LogP contribution < -0.4 is 4.74 Å². The number of hydrogen-bond donors (Lipinski definition) is 0. The summed E-state index contributed by atoms with van der Waals surface area (Å²) in [5.41, 5.74) is 0. The van der Waals surface area contributed by atoms with Gasteiger partial charge in [-0.25, -0.2) is 4.39 Å². The summed E-state index contributed by atoms with van der Waals surface area (Å²) < 4.78 is 32.5. The van der Waals surface area contributed by atoms with E-state index in [1.54, 1.807) is 19.3 Å². The van der Waals surface area contributed by atoms with Gasteiger partial charge in [0.1, 0.15) is 0 Å². The van der Waals surface area contributed by atoms with Gasteiger partial charge < -0.3 is 4.74 Å². The highest BCUT2D eigenvalue weighted by Crippen LogP contribution is 2.24. The molecule has 0 atom stereocenters. The number of aryl methyl sites for hydroxylation is 1. The molecular weight excluding hydrogens is 202 g/mol. The Bertz CT molecular complexity index is 482. The van der Waals surface area contributed by atoms with Gasteiger partial charge in [-0.1, -0.05) is 6.07 Å². The lowest BCUT2D eigenvalue weighted by molar-refractivity contribution is 0.401. The van der Waals surface area contributed by atoms with E-state index in [2.05, 4.69) is 5.10 Å². The van der Waals surface area contributed by atoms with Gasteiger partial charge in [0.15, 0.2) is 11.6 Å².